The topological polar surface area (TPSA) is 23.5 Å². The Kier molecular flexibility index (Phi) is 3.79. The zero-order valence-corrected chi connectivity index (χ0v) is 11.9. The average molecular weight is 259 g/mol. The molecular weight excluding hydrogens is 234 g/mol. The van der Waals surface area contributed by atoms with Crippen LogP contribution in [-0.2, 0) is 6.42 Å². The summed E-state index contributed by atoms with van der Waals surface area (Å²) in [6, 6.07) is 6.62. The highest BCUT2D eigenvalue weighted by atomic mass is 16.3. The summed E-state index contributed by atoms with van der Waals surface area (Å²) in [6.45, 7) is 4.79. The Bertz CT molecular complexity index is 443. The second-order valence-electron chi connectivity index (χ2n) is 6.16. The number of piperidine rings is 1. The second-order valence-corrected chi connectivity index (χ2v) is 6.16. The summed E-state index contributed by atoms with van der Waals surface area (Å²) in [4.78, 5) is 2.68. The third-order valence-electron chi connectivity index (χ3n) is 5.02. The van der Waals surface area contributed by atoms with E-state index in [4.69, 9.17) is 0 Å². The van der Waals surface area contributed by atoms with Gasteiger partial charge in [-0.05, 0) is 61.8 Å². The number of benzene rings is 1. The molecule has 0 radical (unpaired) electrons. The van der Waals surface area contributed by atoms with E-state index in [0.717, 1.165) is 12.3 Å². The highest BCUT2D eigenvalue weighted by molar-refractivity contribution is 5.42. The van der Waals surface area contributed by atoms with E-state index in [-0.39, 0.29) is 0 Å². The molecule has 0 aromatic heterocycles. The van der Waals surface area contributed by atoms with Gasteiger partial charge < -0.3 is 5.11 Å². The molecule has 1 aromatic carbocycles. The lowest BCUT2D eigenvalue weighted by atomic mass is 9.84. The van der Waals surface area contributed by atoms with Gasteiger partial charge in [0.25, 0.3) is 0 Å². The number of phenols is 1. The van der Waals surface area contributed by atoms with Gasteiger partial charge in [0.05, 0.1) is 0 Å². The fraction of sp³-hybridized carbons (Fsp3) is 0.647. The van der Waals surface area contributed by atoms with Crippen molar-refractivity contribution in [1.29, 1.82) is 0 Å². The number of rotatable bonds is 2. The maximum atomic E-state index is 10.1. The van der Waals surface area contributed by atoms with Gasteiger partial charge in [-0.25, -0.2) is 0 Å². The van der Waals surface area contributed by atoms with E-state index in [9.17, 15) is 5.11 Å². The molecule has 1 aromatic rings. The molecule has 1 aliphatic carbocycles. The molecular formula is C17H25NO. The summed E-state index contributed by atoms with van der Waals surface area (Å²) in [6.07, 6.45) is 7.55. The molecule has 104 valence electrons. The van der Waals surface area contributed by atoms with Crippen LogP contribution in [0.25, 0.3) is 0 Å². The third-order valence-corrected chi connectivity index (χ3v) is 5.02. The molecule has 3 rings (SSSR count). The van der Waals surface area contributed by atoms with E-state index >= 15 is 0 Å². The molecule has 2 heteroatoms. The third kappa shape index (κ3) is 2.51. The van der Waals surface area contributed by atoms with Crippen molar-refractivity contribution in [2.24, 2.45) is 5.92 Å². The lowest BCUT2D eigenvalue weighted by Gasteiger charge is -2.40. The molecule has 1 N–H and O–H groups in total. The minimum Gasteiger partial charge on any atom is -0.508 e. The van der Waals surface area contributed by atoms with Gasteiger partial charge >= 0.3 is 0 Å². The Morgan fingerprint density at radius 1 is 1.26 bits per heavy atom. The SMILES string of the molecule is CCC1CCCN(C2CCCc3c(O)cccc32)C1. The number of hydrogen-bond donors (Lipinski definition) is 1. The van der Waals surface area contributed by atoms with Gasteiger partial charge in [0, 0.05) is 12.6 Å². The lowest BCUT2D eigenvalue weighted by molar-refractivity contribution is 0.109. The molecule has 1 saturated heterocycles. The van der Waals surface area contributed by atoms with Crippen molar-refractivity contribution in [2.75, 3.05) is 13.1 Å². The van der Waals surface area contributed by atoms with Crippen molar-refractivity contribution >= 4 is 0 Å². The monoisotopic (exact) mass is 259 g/mol. The number of hydrogen-bond acceptors (Lipinski definition) is 2. The Morgan fingerprint density at radius 3 is 3.00 bits per heavy atom. The predicted octanol–water partition coefficient (Wildman–Crippen LogP) is 3.89. The molecule has 2 atom stereocenters. The Balaban J connectivity index is 1.85. The first kappa shape index (κ1) is 13.0. The van der Waals surface area contributed by atoms with Gasteiger partial charge in [0.15, 0.2) is 0 Å². The zero-order valence-electron chi connectivity index (χ0n) is 11.9. The van der Waals surface area contributed by atoms with Crippen LogP contribution in [0.2, 0.25) is 0 Å². The molecule has 2 aliphatic rings. The quantitative estimate of drug-likeness (QED) is 0.871. The second kappa shape index (κ2) is 5.54. The van der Waals surface area contributed by atoms with Gasteiger partial charge in [0.1, 0.15) is 5.75 Å². The van der Waals surface area contributed by atoms with Crippen LogP contribution in [0.5, 0.6) is 5.75 Å². The number of phenolic OH excluding ortho intramolecular Hbond substituents is 1. The van der Waals surface area contributed by atoms with E-state index in [2.05, 4.69) is 17.9 Å². The summed E-state index contributed by atoms with van der Waals surface area (Å²) >= 11 is 0. The fourth-order valence-electron chi connectivity index (χ4n) is 3.90. The first-order valence-corrected chi connectivity index (χ1v) is 7.84. The maximum Gasteiger partial charge on any atom is 0.119 e. The molecule has 0 amide bonds. The van der Waals surface area contributed by atoms with Gasteiger partial charge in [-0.2, -0.15) is 0 Å². The van der Waals surface area contributed by atoms with E-state index in [1.165, 1.54) is 56.3 Å². The minimum atomic E-state index is 0.506. The summed E-state index contributed by atoms with van der Waals surface area (Å²) in [5.74, 6) is 1.38. The van der Waals surface area contributed by atoms with Crippen LogP contribution < -0.4 is 0 Å². The Hall–Kier alpha value is -1.02. The highest BCUT2D eigenvalue weighted by Gasteiger charge is 2.30. The molecule has 19 heavy (non-hydrogen) atoms. The van der Waals surface area contributed by atoms with E-state index in [0.29, 0.717) is 11.8 Å². The minimum absolute atomic E-state index is 0.506. The smallest absolute Gasteiger partial charge is 0.119 e. The van der Waals surface area contributed by atoms with Gasteiger partial charge in [-0.3, -0.25) is 4.90 Å². The molecule has 0 spiro atoms. The number of likely N-dealkylation sites (tertiary alicyclic amines) is 1. The molecule has 1 heterocycles. The van der Waals surface area contributed by atoms with E-state index in [1.54, 1.807) is 0 Å². The van der Waals surface area contributed by atoms with Crippen molar-refractivity contribution in [2.45, 2.75) is 51.5 Å². The van der Waals surface area contributed by atoms with E-state index in [1.807, 2.05) is 12.1 Å². The summed E-state index contributed by atoms with van der Waals surface area (Å²) in [7, 11) is 0. The molecule has 0 bridgehead atoms. The Labute approximate surface area is 116 Å². The average Bonchev–Trinajstić information content (AvgIpc) is 2.47. The normalized spacial score (nSPS) is 28.1. The summed E-state index contributed by atoms with van der Waals surface area (Å²) in [5.41, 5.74) is 2.60. The maximum absolute atomic E-state index is 10.1. The molecule has 2 unspecified atom stereocenters. The summed E-state index contributed by atoms with van der Waals surface area (Å²) in [5, 5.41) is 10.1. The van der Waals surface area contributed by atoms with Crippen molar-refractivity contribution < 1.29 is 5.11 Å². The first-order valence-electron chi connectivity index (χ1n) is 7.84. The molecule has 2 nitrogen and oxygen atoms in total. The first-order chi connectivity index (χ1) is 9.29. The van der Waals surface area contributed by atoms with Crippen LogP contribution in [0.1, 0.15) is 56.2 Å². The number of nitrogens with zero attached hydrogens (tertiary/aromatic N) is 1. The van der Waals surface area contributed by atoms with Crippen LogP contribution in [0.15, 0.2) is 18.2 Å². The summed E-state index contributed by atoms with van der Waals surface area (Å²) < 4.78 is 0. The molecule has 1 aliphatic heterocycles. The van der Waals surface area contributed by atoms with Crippen molar-refractivity contribution in [3.05, 3.63) is 29.3 Å². The van der Waals surface area contributed by atoms with Crippen LogP contribution in [0.4, 0.5) is 0 Å². The lowest BCUT2D eigenvalue weighted by Crippen LogP contribution is -2.39. The largest absolute Gasteiger partial charge is 0.508 e. The van der Waals surface area contributed by atoms with Crippen molar-refractivity contribution in [3.8, 4) is 5.75 Å². The zero-order chi connectivity index (χ0) is 13.2. The van der Waals surface area contributed by atoms with Gasteiger partial charge in [0.2, 0.25) is 0 Å². The molecule has 0 saturated carbocycles. The fourth-order valence-corrected chi connectivity index (χ4v) is 3.90. The van der Waals surface area contributed by atoms with Crippen LogP contribution in [0, 0.1) is 5.92 Å². The number of aromatic hydroxyl groups is 1. The van der Waals surface area contributed by atoms with Crippen molar-refractivity contribution in [1.82, 2.24) is 4.90 Å². The standard InChI is InChI=1S/C17H25NO/c1-2-13-6-5-11-18(12-13)16-9-3-8-15-14(16)7-4-10-17(15)19/h4,7,10,13,16,19H,2-3,5-6,8-9,11-12H2,1H3. The number of fused-ring (bicyclic) bond motifs is 1. The van der Waals surface area contributed by atoms with E-state index < -0.39 is 0 Å². The van der Waals surface area contributed by atoms with Crippen LogP contribution in [0.3, 0.4) is 0 Å². The highest BCUT2D eigenvalue weighted by Crippen LogP contribution is 2.39. The van der Waals surface area contributed by atoms with Crippen molar-refractivity contribution in [3.63, 3.8) is 0 Å². The van der Waals surface area contributed by atoms with Gasteiger partial charge in [-0.15, -0.1) is 0 Å². The van der Waals surface area contributed by atoms with Gasteiger partial charge in [-0.1, -0.05) is 25.5 Å². The molecule has 1 fully saturated rings. The van der Waals surface area contributed by atoms with Crippen LogP contribution >= 0.6 is 0 Å². The van der Waals surface area contributed by atoms with Crippen LogP contribution in [-0.4, -0.2) is 23.1 Å². The Morgan fingerprint density at radius 2 is 2.16 bits per heavy atom. The predicted molar refractivity (Wildman–Crippen MR) is 78.4 cm³/mol.